The Balaban J connectivity index is 1.33. The van der Waals surface area contributed by atoms with Gasteiger partial charge in [-0.05, 0) is 92.0 Å². The number of hydrogen-bond donors (Lipinski definition) is 0. The molecule has 1 spiro atoms. The van der Waals surface area contributed by atoms with E-state index >= 15 is 0 Å². The van der Waals surface area contributed by atoms with Gasteiger partial charge in [0.05, 0.1) is 27.8 Å². The van der Waals surface area contributed by atoms with E-state index in [4.69, 9.17) is 0 Å². The Bertz CT molecular complexity index is 2940. The molecule has 2 heteroatoms. The van der Waals surface area contributed by atoms with E-state index < -0.39 is 5.41 Å². The first-order valence-electron chi connectivity index (χ1n) is 18.2. The van der Waals surface area contributed by atoms with Gasteiger partial charge in [0.15, 0.2) is 0 Å². The molecule has 3 aliphatic heterocycles. The highest BCUT2D eigenvalue weighted by molar-refractivity contribution is 6.13. The summed E-state index contributed by atoms with van der Waals surface area (Å²) in [6.45, 7) is 0.820. The molecule has 0 fully saturated rings. The van der Waals surface area contributed by atoms with Crippen molar-refractivity contribution in [2.75, 3.05) is 4.90 Å². The van der Waals surface area contributed by atoms with Crippen LogP contribution < -0.4 is 4.90 Å². The third-order valence-electron chi connectivity index (χ3n) is 12.0. The fraction of sp³-hybridized carbons (Fsp3) is 0.0400. The summed E-state index contributed by atoms with van der Waals surface area (Å²) in [6, 6.07) is 68.2. The predicted octanol–water partition coefficient (Wildman–Crippen LogP) is 12.4. The molecule has 242 valence electrons. The Morgan fingerprint density at radius 2 is 1.08 bits per heavy atom. The Morgan fingerprint density at radius 1 is 0.404 bits per heavy atom. The highest BCUT2D eigenvalue weighted by atomic mass is 15.2. The molecule has 0 saturated carbocycles. The van der Waals surface area contributed by atoms with Crippen LogP contribution in [0.15, 0.2) is 182 Å². The van der Waals surface area contributed by atoms with E-state index in [-0.39, 0.29) is 0 Å². The second kappa shape index (κ2) is 10.2. The molecule has 12 rings (SSSR count). The number of para-hydroxylation sites is 3. The lowest BCUT2D eigenvalue weighted by molar-refractivity contribution is 0.702. The number of aromatic nitrogens is 1. The van der Waals surface area contributed by atoms with E-state index in [0.717, 1.165) is 6.54 Å². The second-order valence-electron chi connectivity index (χ2n) is 14.4. The minimum Gasteiger partial charge on any atom is -0.336 e. The molecule has 9 aromatic rings. The molecule has 0 saturated heterocycles. The molecule has 1 atom stereocenters. The number of benzene rings is 8. The first-order chi connectivity index (χ1) is 25.8. The fourth-order valence-corrected chi connectivity index (χ4v) is 9.90. The monoisotopic (exact) mass is 660 g/mol. The molecular formula is C50H32N2. The third kappa shape index (κ3) is 3.49. The standard InChI is InChI=1S/C50H32N2/c1-3-14-32(15-4-1)34-26-27-46-43(29-34)50(41-22-10-12-25-47(41)52-45-24-11-9-20-38(45)39-21-13-23-42(50)49(39)52)44-30-36(33-16-5-2-6-17-33)28-40-37-19-8-7-18-35(37)31-51(46)48(40)44/h1-30H,31H2. The van der Waals surface area contributed by atoms with Crippen molar-refractivity contribution in [3.63, 3.8) is 0 Å². The Kier molecular flexibility index (Phi) is 5.52. The van der Waals surface area contributed by atoms with Gasteiger partial charge < -0.3 is 9.47 Å². The van der Waals surface area contributed by atoms with Crippen molar-refractivity contribution in [1.29, 1.82) is 0 Å². The zero-order valence-electron chi connectivity index (χ0n) is 28.4. The Labute approximate surface area is 302 Å². The number of anilines is 2. The van der Waals surface area contributed by atoms with Gasteiger partial charge >= 0.3 is 0 Å². The molecule has 0 bridgehead atoms. The van der Waals surface area contributed by atoms with Crippen molar-refractivity contribution in [1.82, 2.24) is 4.57 Å². The first kappa shape index (κ1) is 28.1. The summed E-state index contributed by atoms with van der Waals surface area (Å²) in [5.41, 5.74) is 20.0. The minimum atomic E-state index is -0.599. The summed E-state index contributed by atoms with van der Waals surface area (Å²) >= 11 is 0. The molecule has 0 amide bonds. The van der Waals surface area contributed by atoms with Gasteiger partial charge in [0, 0.05) is 28.6 Å². The quantitative estimate of drug-likeness (QED) is 0.179. The minimum absolute atomic E-state index is 0.599. The van der Waals surface area contributed by atoms with Crippen molar-refractivity contribution >= 4 is 33.2 Å². The highest BCUT2D eigenvalue weighted by Crippen LogP contribution is 2.64. The summed E-state index contributed by atoms with van der Waals surface area (Å²) in [4.78, 5) is 2.62. The molecule has 1 aromatic heterocycles. The average molecular weight is 661 g/mol. The van der Waals surface area contributed by atoms with E-state index in [2.05, 4.69) is 191 Å². The van der Waals surface area contributed by atoms with Gasteiger partial charge in [-0.3, -0.25) is 0 Å². The van der Waals surface area contributed by atoms with Crippen LogP contribution in [0.25, 0.3) is 60.9 Å². The zero-order chi connectivity index (χ0) is 34.0. The van der Waals surface area contributed by atoms with Gasteiger partial charge in [-0.15, -0.1) is 0 Å². The lowest BCUT2D eigenvalue weighted by Gasteiger charge is -2.51. The first-order valence-corrected chi connectivity index (χ1v) is 18.2. The third-order valence-corrected chi connectivity index (χ3v) is 12.0. The van der Waals surface area contributed by atoms with Crippen LogP contribution in [0, 0.1) is 0 Å². The van der Waals surface area contributed by atoms with Gasteiger partial charge in [0.2, 0.25) is 0 Å². The van der Waals surface area contributed by atoms with Crippen LogP contribution in [0.5, 0.6) is 0 Å². The van der Waals surface area contributed by atoms with E-state index in [1.54, 1.807) is 0 Å². The molecular weight excluding hydrogens is 629 g/mol. The molecule has 2 nitrogen and oxygen atoms in total. The number of fused-ring (bicyclic) bond motifs is 13. The van der Waals surface area contributed by atoms with Gasteiger partial charge in [-0.1, -0.05) is 146 Å². The van der Waals surface area contributed by atoms with Gasteiger partial charge in [0.25, 0.3) is 0 Å². The van der Waals surface area contributed by atoms with Gasteiger partial charge in [-0.2, -0.15) is 0 Å². The normalized spacial score (nSPS) is 16.0. The number of nitrogens with zero attached hydrogens (tertiary/aromatic N) is 2. The van der Waals surface area contributed by atoms with Crippen LogP contribution in [0.1, 0.15) is 27.8 Å². The second-order valence-corrected chi connectivity index (χ2v) is 14.4. The molecule has 0 aliphatic carbocycles. The summed E-state index contributed by atoms with van der Waals surface area (Å²) in [7, 11) is 0. The summed E-state index contributed by atoms with van der Waals surface area (Å²) in [5.74, 6) is 0. The Morgan fingerprint density at radius 3 is 1.94 bits per heavy atom. The van der Waals surface area contributed by atoms with Crippen LogP contribution >= 0.6 is 0 Å². The maximum Gasteiger partial charge on any atom is 0.0783 e. The van der Waals surface area contributed by atoms with E-state index in [9.17, 15) is 0 Å². The molecule has 0 N–H and O–H groups in total. The Hall–Kier alpha value is -6.64. The lowest BCUT2D eigenvalue weighted by atomic mass is 9.59. The molecule has 4 heterocycles. The van der Waals surface area contributed by atoms with Crippen LogP contribution in [-0.4, -0.2) is 4.57 Å². The summed E-state index contributed by atoms with van der Waals surface area (Å²) in [5, 5.41) is 2.58. The van der Waals surface area contributed by atoms with E-state index in [1.165, 1.54) is 100 Å². The van der Waals surface area contributed by atoms with E-state index in [1.807, 2.05) is 0 Å². The molecule has 8 aromatic carbocycles. The average Bonchev–Trinajstić information content (AvgIpc) is 3.56. The van der Waals surface area contributed by atoms with Gasteiger partial charge in [0.1, 0.15) is 0 Å². The van der Waals surface area contributed by atoms with E-state index in [0.29, 0.717) is 0 Å². The predicted molar refractivity (Wildman–Crippen MR) is 215 cm³/mol. The van der Waals surface area contributed by atoms with Crippen molar-refractivity contribution < 1.29 is 0 Å². The van der Waals surface area contributed by atoms with Crippen LogP contribution in [0.2, 0.25) is 0 Å². The summed E-state index contributed by atoms with van der Waals surface area (Å²) in [6.07, 6.45) is 0. The van der Waals surface area contributed by atoms with Crippen molar-refractivity contribution in [2.45, 2.75) is 12.0 Å². The van der Waals surface area contributed by atoms with Crippen molar-refractivity contribution in [3.8, 4) is 39.1 Å². The van der Waals surface area contributed by atoms with Crippen LogP contribution in [0.3, 0.4) is 0 Å². The maximum absolute atomic E-state index is 2.62. The fourth-order valence-electron chi connectivity index (χ4n) is 9.90. The SMILES string of the molecule is c1ccc(-c2ccc3c(c2)C2(c4ccccc4-n4c5ccccc5c5cccc2c54)c2cc(-c4ccccc4)cc4c2N3Cc2ccccc2-4)cc1. The largest absolute Gasteiger partial charge is 0.336 e. The molecule has 1 unspecified atom stereocenters. The highest BCUT2D eigenvalue weighted by Gasteiger charge is 2.52. The van der Waals surface area contributed by atoms with Crippen molar-refractivity contribution in [3.05, 3.63) is 210 Å². The topological polar surface area (TPSA) is 8.17 Å². The zero-order valence-corrected chi connectivity index (χ0v) is 28.4. The molecule has 3 aliphatic rings. The maximum atomic E-state index is 2.62. The lowest BCUT2D eigenvalue weighted by Crippen LogP contribution is -2.42. The van der Waals surface area contributed by atoms with Crippen LogP contribution in [-0.2, 0) is 12.0 Å². The smallest absolute Gasteiger partial charge is 0.0783 e. The summed E-state index contributed by atoms with van der Waals surface area (Å²) < 4.78 is 2.54. The number of rotatable bonds is 2. The van der Waals surface area contributed by atoms with Crippen molar-refractivity contribution in [2.24, 2.45) is 0 Å². The molecule has 0 radical (unpaired) electrons. The molecule has 52 heavy (non-hydrogen) atoms. The van der Waals surface area contributed by atoms with Gasteiger partial charge in [-0.25, -0.2) is 0 Å². The number of hydrogen-bond acceptors (Lipinski definition) is 1. The van der Waals surface area contributed by atoms with Crippen LogP contribution in [0.4, 0.5) is 11.4 Å².